The van der Waals surface area contributed by atoms with Crippen molar-refractivity contribution >= 4 is 16.8 Å². The minimum absolute atomic E-state index is 0.0514. The molecule has 0 bridgehead atoms. The van der Waals surface area contributed by atoms with Crippen LogP contribution in [0.15, 0.2) is 24.3 Å². The Bertz CT molecular complexity index is 819. The van der Waals surface area contributed by atoms with Gasteiger partial charge in [-0.05, 0) is 44.4 Å². The van der Waals surface area contributed by atoms with Crippen LogP contribution in [0, 0.1) is 19.8 Å². The van der Waals surface area contributed by atoms with Gasteiger partial charge in [0.1, 0.15) is 0 Å². The van der Waals surface area contributed by atoms with Gasteiger partial charge in [0, 0.05) is 44.2 Å². The van der Waals surface area contributed by atoms with Crippen LogP contribution in [0.3, 0.4) is 0 Å². The molecule has 1 aliphatic rings. The van der Waals surface area contributed by atoms with E-state index in [0.717, 1.165) is 41.8 Å². The number of nitrogens with zero attached hydrogens (tertiary/aromatic N) is 3. The normalized spacial score (nSPS) is 18.4. The van der Waals surface area contributed by atoms with Crippen LogP contribution in [-0.4, -0.2) is 64.6 Å². The van der Waals surface area contributed by atoms with Crippen LogP contribution in [0.1, 0.15) is 41.9 Å². The molecule has 1 atom stereocenters. The number of rotatable bonds is 5. The molecule has 5 nitrogen and oxygen atoms in total. The molecule has 1 N–H and O–H groups in total. The Kier molecular flexibility index (Phi) is 6.12. The van der Waals surface area contributed by atoms with Crippen molar-refractivity contribution in [3.05, 3.63) is 41.1 Å². The van der Waals surface area contributed by atoms with Gasteiger partial charge in [0.15, 0.2) is 0 Å². The lowest BCUT2D eigenvalue weighted by atomic mass is 10.0. The fourth-order valence-electron chi connectivity index (χ4n) is 3.99. The summed E-state index contributed by atoms with van der Waals surface area (Å²) in [6.07, 6.45) is 0.699. The summed E-state index contributed by atoms with van der Waals surface area (Å²) in [5.41, 5.74) is 3.55. The smallest absolute Gasteiger partial charge is 0.255 e. The second-order valence-electron chi connectivity index (χ2n) is 8.12. The molecule has 0 radical (unpaired) electrons. The molecule has 1 unspecified atom stereocenters. The Morgan fingerprint density at radius 2 is 2.04 bits per heavy atom. The molecule has 2 aromatic rings. The van der Waals surface area contributed by atoms with E-state index in [2.05, 4.69) is 29.8 Å². The molecule has 146 valence electrons. The third-order valence-electron chi connectivity index (χ3n) is 5.35. The van der Waals surface area contributed by atoms with E-state index >= 15 is 0 Å². The highest BCUT2D eigenvalue weighted by atomic mass is 16.3. The van der Waals surface area contributed by atoms with Crippen molar-refractivity contribution in [2.45, 2.75) is 40.2 Å². The summed E-state index contributed by atoms with van der Waals surface area (Å²) in [6.45, 7) is 11.8. The Morgan fingerprint density at radius 3 is 2.74 bits per heavy atom. The van der Waals surface area contributed by atoms with Crippen LogP contribution in [0.2, 0.25) is 0 Å². The Morgan fingerprint density at radius 1 is 1.26 bits per heavy atom. The molecule has 3 rings (SSSR count). The topological polar surface area (TPSA) is 56.7 Å². The van der Waals surface area contributed by atoms with Gasteiger partial charge in [-0.25, -0.2) is 0 Å². The number of hydrogen-bond donors (Lipinski definition) is 1. The van der Waals surface area contributed by atoms with E-state index in [1.807, 2.05) is 36.9 Å². The molecule has 1 aliphatic heterocycles. The zero-order valence-corrected chi connectivity index (χ0v) is 16.9. The average molecular weight is 370 g/mol. The number of carbonyl (C=O) groups excluding carboxylic acids is 1. The Balaban J connectivity index is 1.83. The summed E-state index contributed by atoms with van der Waals surface area (Å²) in [4.78, 5) is 22.2. The summed E-state index contributed by atoms with van der Waals surface area (Å²) < 4.78 is 0. The van der Waals surface area contributed by atoms with Crippen molar-refractivity contribution < 1.29 is 9.90 Å². The summed E-state index contributed by atoms with van der Waals surface area (Å²) in [7, 11) is 0. The van der Waals surface area contributed by atoms with Crippen molar-refractivity contribution in [3.8, 4) is 0 Å². The largest absolute Gasteiger partial charge is 0.396 e. The first kappa shape index (κ1) is 19.8. The number of aromatic nitrogens is 1. The zero-order valence-electron chi connectivity index (χ0n) is 16.9. The van der Waals surface area contributed by atoms with E-state index < -0.39 is 0 Å². The van der Waals surface area contributed by atoms with Crippen molar-refractivity contribution in [1.82, 2.24) is 14.8 Å². The van der Waals surface area contributed by atoms with E-state index in [4.69, 9.17) is 0 Å². The van der Waals surface area contributed by atoms with Gasteiger partial charge in [0.2, 0.25) is 0 Å². The molecule has 1 fully saturated rings. The van der Waals surface area contributed by atoms with Crippen LogP contribution in [0.25, 0.3) is 10.9 Å². The minimum atomic E-state index is 0.0514. The number of carbonyl (C=O) groups is 1. The van der Waals surface area contributed by atoms with Gasteiger partial charge in [-0.15, -0.1) is 0 Å². The second kappa shape index (κ2) is 8.36. The fourth-order valence-corrected chi connectivity index (χ4v) is 3.99. The predicted octanol–water partition coefficient (Wildman–Crippen LogP) is 3.02. The van der Waals surface area contributed by atoms with Crippen LogP contribution in [-0.2, 0) is 0 Å². The van der Waals surface area contributed by atoms with Crippen molar-refractivity contribution in [3.63, 3.8) is 0 Å². The maximum absolute atomic E-state index is 13.2. The molecule has 2 heterocycles. The number of pyridine rings is 1. The standard InChI is InChI=1S/C22H31N3O2/c1-15(2)13-24-8-9-25(14-19(24)7-10-26)22(27)20-12-18-11-16(3)5-6-21(18)23-17(20)4/h5-6,11-12,15,19,26H,7-10,13-14H2,1-4H3. The van der Waals surface area contributed by atoms with Crippen molar-refractivity contribution in [2.24, 2.45) is 5.92 Å². The molecule has 1 aromatic heterocycles. The number of benzene rings is 1. The summed E-state index contributed by atoms with van der Waals surface area (Å²) in [5, 5.41) is 10.5. The molecule has 1 saturated heterocycles. The van der Waals surface area contributed by atoms with Crippen molar-refractivity contribution in [1.29, 1.82) is 0 Å². The SMILES string of the molecule is Cc1ccc2nc(C)c(C(=O)N3CCN(CC(C)C)C(CCO)C3)cc2c1. The Hall–Kier alpha value is -1.98. The van der Waals surface area contributed by atoms with Crippen LogP contribution >= 0.6 is 0 Å². The third-order valence-corrected chi connectivity index (χ3v) is 5.35. The maximum atomic E-state index is 13.2. The van der Waals surface area contributed by atoms with Gasteiger partial charge in [0.05, 0.1) is 16.8 Å². The number of aliphatic hydroxyl groups excluding tert-OH is 1. The van der Waals surface area contributed by atoms with Crippen LogP contribution in [0.5, 0.6) is 0 Å². The number of hydrogen-bond acceptors (Lipinski definition) is 4. The van der Waals surface area contributed by atoms with Crippen LogP contribution in [0.4, 0.5) is 0 Å². The first-order valence-corrected chi connectivity index (χ1v) is 9.91. The van der Waals surface area contributed by atoms with Gasteiger partial charge in [-0.2, -0.15) is 0 Å². The number of piperazine rings is 1. The van der Waals surface area contributed by atoms with Gasteiger partial charge < -0.3 is 10.0 Å². The van der Waals surface area contributed by atoms with E-state index in [0.29, 0.717) is 24.4 Å². The highest BCUT2D eigenvalue weighted by Crippen LogP contribution is 2.22. The number of amides is 1. The molecule has 5 heteroatoms. The number of aliphatic hydroxyl groups is 1. The van der Waals surface area contributed by atoms with E-state index in [9.17, 15) is 9.90 Å². The number of fused-ring (bicyclic) bond motifs is 1. The molecule has 27 heavy (non-hydrogen) atoms. The predicted molar refractivity (Wildman–Crippen MR) is 109 cm³/mol. The Labute approximate surface area is 162 Å². The van der Waals surface area contributed by atoms with Gasteiger partial charge >= 0.3 is 0 Å². The quantitative estimate of drug-likeness (QED) is 0.880. The second-order valence-corrected chi connectivity index (χ2v) is 8.12. The van der Waals surface area contributed by atoms with E-state index in [-0.39, 0.29) is 18.6 Å². The summed E-state index contributed by atoms with van der Waals surface area (Å²) >= 11 is 0. The van der Waals surface area contributed by atoms with E-state index in [1.54, 1.807) is 0 Å². The maximum Gasteiger partial charge on any atom is 0.255 e. The molecule has 1 amide bonds. The molecule has 0 spiro atoms. The molecular formula is C22H31N3O2. The third kappa shape index (κ3) is 4.47. The molecule has 1 aromatic carbocycles. The van der Waals surface area contributed by atoms with Gasteiger partial charge in [-0.3, -0.25) is 14.7 Å². The summed E-state index contributed by atoms with van der Waals surface area (Å²) in [6, 6.07) is 8.32. The first-order valence-electron chi connectivity index (χ1n) is 9.91. The lowest BCUT2D eigenvalue weighted by molar-refractivity contribution is 0.0384. The van der Waals surface area contributed by atoms with Gasteiger partial charge in [0.25, 0.3) is 5.91 Å². The van der Waals surface area contributed by atoms with E-state index in [1.165, 1.54) is 0 Å². The minimum Gasteiger partial charge on any atom is -0.396 e. The lowest BCUT2D eigenvalue weighted by Crippen LogP contribution is -2.55. The average Bonchev–Trinajstić information content (AvgIpc) is 2.62. The summed E-state index contributed by atoms with van der Waals surface area (Å²) in [5.74, 6) is 0.624. The highest BCUT2D eigenvalue weighted by Gasteiger charge is 2.30. The molecule has 0 saturated carbocycles. The first-order chi connectivity index (χ1) is 12.9. The fraction of sp³-hybridized carbons (Fsp3) is 0.545. The highest BCUT2D eigenvalue weighted by molar-refractivity contribution is 5.98. The van der Waals surface area contributed by atoms with Gasteiger partial charge in [-0.1, -0.05) is 25.5 Å². The zero-order chi connectivity index (χ0) is 19.6. The van der Waals surface area contributed by atoms with Crippen LogP contribution < -0.4 is 0 Å². The molecular weight excluding hydrogens is 338 g/mol. The number of aryl methyl sites for hydroxylation is 2. The molecule has 0 aliphatic carbocycles. The lowest BCUT2D eigenvalue weighted by Gasteiger charge is -2.42. The van der Waals surface area contributed by atoms with Crippen molar-refractivity contribution in [2.75, 3.05) is 32.8 Å². The monoisotopic (exact) mass is 369 g/mol.